The predicted octanol–water partition coefficient (Wildman–Crippen LogP) is 4.18. The highest BCUT2D eigenvalue weighted by atomic mass is 16.5. The molecule has 0 fully saturated rings. The van der Waals surface area contributed by atoms with Crippen molar-refractivity contribution in [3.63, 3.8) is 0 Å². The number of methoxy groups -OCH3 is 1. The topological polar surface area (TPSA) is 34.0 Å². The SMILES string of the molecule is COC(C)(CC(C)C)N=Nc1ccccc1. The van der Waals surface area contributed by atoms with Crippen LogP contribution in [0.3, 0.4) is 0 Å². The van der Waals surface area contributed by atoms with Gasteiger partial charge in [-0.1, -0.05) is 32.0 Å². The molecule has 0 aliphatic heterocycles. The Morgan fingerprint density at radius 2 is 1.88 bits per heavy atom. The lowest BCUT2D eigenvalue weighted by Crippen LogP contribution is -2.26. The van der Waals surface area contributed by atoms with Gasteiger partial charge in [0.05, 0.1) is 5.69 Å². The van der Waals surface area contributed by atoms with Crippen LogP contribution in [0.15, 0.2) is 40.6 Å². The first-order valence-corrected chi connectivity index (χ1v) is 5.59. The van der Waals surface area contributed by atoms with Crippen molar-refractivity contribution in [2.75, 3.05) is 7.11 Å². The fourth-order valence-electron chi connectivity index (χ4n) is 1.58. The highest BCUT2D eigenvalue weighted by molar-refractivity contribution is 5.34. The van der Waals surface area contributed by atoms with Crippen molar-refractivity contribution >= 4 is 5.69 Å². The maximum atomic E-state index is 5.41. The van der Waals surface area contributed by atoms with E-state index in [4.69, 9.17) is 4.74 Å². The lowest BCUT2D eigenvalue weighted by atomic mass is 10.0. The van der Waals surface area contributed by atoms with Gasteiger partial charge in [0.1, 0.15) is 0 Å². The Morgan fingerprint density at radius 1 is 1.25 bits per heavy atom. The van der Waals surface area contributed by atoms with Crippen LogP contribution in [-0.2, 0) is 4.74 Å². The predicted molar refractivity (Wildman–Crippen MR) is 65.8 cm³/mol. The van der Waals surface area contributed by atoms with Gasteiger partial charge in [0.25, 0.3) is 0 Å². The zero-order valence-corrected chi connectivity index (χ0v) is 10.5. The van der Waals surface area contributed by atoms with Crippen molar-refractivity contribution in [1.82, 2.24) is 0 Å². The molecule has 0 aromatic heterocycles. The molecule has 0 radical (unpaired) electrons. The number of hydrogen-bond acceptors (Lipinski definition) is 3. The second-order valence-electron chi connectivity index (χ2n) is 4.51. The minimum absolute atomic E-state index is 0.524. The fraction of sp³-hybridized carbons (Fsp3) is 0.538. The monoisotopic (exact) mass is 220 g/mol. The van der Waals surface area contributed by atoms with Crippen LogP contribution >= 0.6 is 0 Å². The molecule has 88 valence electrons. The van der Waals surface area contributed by atoms with Crippen molar-refractivity contribution < 1.29 is 4.74 Å². The number of hydrogen-bond donors (Lipinski definition) is 0. The Bertz CT molecular complexity index is 335. The molecule has 0 saturated heterocycles. The Hall–Kier alpha value is -1.22. The van der Waals surface area contributed by atoms with Gasteiger partial charge in [-0.25, -0.2) is 0 Å². The van der Waals surface area contributed by atoms with Crippen LogP contribution in [0.2, 0.25) is 0 Å². The first kappa shape index (κ1) is 12.8. The molecule has 0 spiro atoms. The highest BCUT2D eigenvalue weighted by Crippen LogP contribution is 2.24. The van der Waals surface area contributed by atoms with Crippen molar-refractivity contribution in [1.29, 1.82) is 0 Å². The van der Waals surface area contributed by atoms with Crippen LogP contribution in [-0.4, -0.2) is 12.8 Å². The molecule has 1 rings (SSSR count). The summed E-state index contributed by atoms with van der Waals surface area (Å²) < 4.78 is 5.41. The molecule has 0 N–H and O–H groups in total. The Balaban J connectivity index is 2.73. The van der Waals surface area contributed by atoms with Gasteiger partial charge in [0, 0.05) is 13.5 Å². The summed E-state index contributed by atoms with van der Waals surface area (Å²) in [7, 11) is 1.67. The van der Waals surface area contributed by atoms with E-state index in [9.17, 15) is 0 Å². The molecule has 0 saturated carbocycles. The number of nitrogens with zero attached hydrogens (tertiary/aromatic N) is 2. The van der Waals surface area contributed by atoms with Crippen molar-refractivity contribution in [3.8, 4) is 0 Å². The van der Waals surface area contributed by atoms with Crippen molar-refractivity contribution in [2.45, 2.75) is 32.9 Å². The summed E-state index contributed by atoms with van der Waals surface area (Å²) in [6, 6.07) is 9.70. The van der Waals surface area contributed by atoms with E-state index in [1.54, 1.807) is 7.11 Å². The van der Waals surface area contributed by atoms with Crippen molar-refractivity contribution in [3.05, 3.63) is 30.3 Å². The smallest absolute Gasteiger partial charge is 0.176 e. The summed E-state index contributed by atoms with van der Waals surface area (Å²) >= 11 is 0. The Labute approximate surface area is 97.5 Å². The first-order chi connectivity index (χ1) is 7.56. The summed E-state index contributed by atoms with van der Waals surface area (Å²) in [5.41, 5.74) is 0.332. The molecule has 0 aliphatic rings. The summed E-state index contributed by atoms with van der Waals surface area (Å²) in [5.74, 6) is 0.527. The maximum Gasteiger partial charge on any atom is 0.176 e. The van der Waals surface area contributed by atoms with Crippen LogP contribution in [0.5, 0.6) is 0 Å². The fourth-order valence-corrected chi connectivity index (χ4v) is 1.58. The van der Waals surface area contributed by atoms with Gasteiger partial charge < -0.3 is 4.74 Å². The van der Waals surface area contributed by atoms with Gasteiger partial charge in [-0.15, -0.1) is 0 Å². The highest BCUT2D eigenvalue weighted by Gasteiger charge is 2.24. The van der Waals surface area contributed by atoms with E-state index < -0.39 is 5.72 Å². The van der Waals surface area contributed by atoms with Crippen LogP contribution in [0.4, 0.5) is 5.69 Å². The molecule has 1 unspecified atom stereocenters. The van der Waals surface area contributed by atoms with Crippen LogP contribution in [0.25, 0.3) is 0 Å². The van der Waals surface area contributed by atoms with E-state index in [-0.39, 0.29) is 0 Å². The lowest BCUT2D eigenvalue weighted by molar-refractivity contribution is -0.00851. The molecule has 1 aromatic carbocycles. The number of ether oxygens (including phenoxy) is 1. The molecular formula is C13H20N2O. The molecule has 0 aliphatic carbocycles. The zero-order chi connectivity index (χ0) is 12.0. The standard InChI is InChI=1S/C13H20N2O/c1-11(2)10-13(3,16-4)15-14-12-8-6-5-7-9-12/h5-9,11H,10H2,1-4H3. The van der Waals surface area contributed by atoms with Gasteiger partial charge in [-0.05, 0) is 25.0 Å². The summed E-state index contributed by atoms with van der Waals surface area (Å²) in [6.07, 6.45) is 0.861. The molecule has 3 heteroatoms. The number of benzene rings is 1. The lowest BCUT2D eigenvalue weighted by Gasteiger charge is -2.23. The average molecular weight is 220 g/mol. The molecule has 1 atom stereocenters. The van der Waals surface area contributed by atoms with E-state index in [0.29, 0.717) is 5.92 Å². The summed E-state index contributed by atoms with van der Waals surface area (Å²) in [6.45, 7) is 6.25. The third kappa shape index (κ3) is 4.11. The summed E-state index contributed by atoms with van der Waals surface area (Å²) in [5, 5.41) is 8.49. The first-order valence-electron chi connectivity index (χ1n) is 5.59. The van der Waals surface area contributed by atoms with E-state index in [1.165, 1.54) is 0 Å². The Morgan fingerprint density at radius 3 is 2.38 bits per heavy atom. The zero-order valence-electron chi connectivity index (χ0n) is 10.5. The maximum absolute atomic E-state index is 5.41. The molecule has 1 aromatic rings. The average Bonchev–Trinajstić information content (AvgIpc) is 2.27. The molecule has 0 amide bonds. The number of rotatable bonds is 5. The molecule has 3 nitrogen and oxygen atoms in total. The van der Waals surface area contributed by atoms with E-state index >= 15 is 0 Å². The van der Waals surface area contributed by atoms with Gasteiger partial charge in [0.15, 0.2) is 5.72 Å². The van der Waals surface area contributed by atoms with Gasteiger partial charge in [0.2, 0.25) is 0 Å². The quantitative estimate of drug-likeness (QED) is 0.685. The second kappa shape index (κ2) is 5.75. The number of azo groups is 1. The van der Waals surface area contributed by atoms with E-state index in [2.05, 4.69) is 24.1 Å². The molecule has 0 bridgehead atoms. The van der Waals surface area contributed by atoms with Crippen LogP contribution < -0.4 is 0 Å². The van der Waals surface area contributed by atoms with E-state index in [1.807, 2.05) is 37.3 Å². The second-order valence-corrected chi connectivity index (χ2v) is 4.51. The van der Waals surface area contributed by atoms with Gasteiger partial charge >= 0.3 is 0 Å². The Kier molecular flexibility index (Phi) is 4.62. The van der Waals surface area contributed by atoms with Crippen LogP contribution in [0.1, 0.15) is 27.2 Å². The van der Waals surface area contributed by atoms with Crippen molar-refractivity contribution in [2.24, 2.45) is 16.1 Å². The van der Waals surface area contributed by atoms with Gasteiger partial charge in [-0.3, -0.25) is 0 Å². The van der Waals surface area contributed by atoms with E-state index in [0.717, 1.165) is 12.1 Å². The normalized spacial score (nSPS) is 15.6. The minimum Gasteiger partial charge on any atom is -0.356 e. The molecule has 0 heterocycles. The third-order valence-corrected chi connectivity index (χ3v) is 2.36. The third-order valence-electron chi connectivity index (χ3n) is 2.36. The largest absolute Gasteiger partial charge is 0.356 e. The molecule has 16 heavy (non-hydrogen) atoms. The van der Waals surface area contributed by atoms with Gasteiger partial charge in [-0.2, -0.15) is 10.2 Å². The minimum atomic E-state index is -0.524. The summed E-state index contributed by atoms with van der Waals surface area (Å²) in [4.78, 5) is 0. The molecular weight excluding hydrogens is 200 g/mol. The van der Waals surface area contributed by atoms with Crippen LogP contribution in [0, 0.1) is 5.92 Å².